The van der Waals surface area contributed by atoms with Crippen LogP contribution in [0.25, 0.3) is 0 Å². The Hall–Kier alpha value is -2.88. The van der Waals surface area contributed by atoms with Crippen molar-refractivity contribution in [3.05, 3.63) is 46.6 Å². The number of nitrogens with one attached hydrogen (secondary N) is 2. The maximum Gasteiger partial charge on any atom is 0.323 e. The van der Waals surface area contributed by atoms with Crippen molar-refractivity contribution in [2.24, 2.45) is 0 Å². The second-order valence-corrected chi connectivity index (χ2v) is 11.1. The molecule has 1 saturated carbocycles. The zero-order valence-electron chi connectivity index (χ0n) is 20.2. The lowest BCUT2D eigenvalue weighted by atomic mass is 9.73. The summed E-state index contributed by atoms with van der Waals surface area (Å²) < 4.78 is 6.01. The van der Waals surface area contributed by atoms with E-state index in [1.165, 1.54) is 0 Å². The molecule has 4 aliphatic rings. The van der Waals surface area contributed by atoms with Crippen molar-refractivity contribution in [2.75, 3.05) is 36.5 Å². The Bertz CT molecular complexity index is 1220. The number of hydrogen-bond acceptors (Lipinski definition) is 6. The van der Waals surface area contributed by atoms with Crippen molar-refractivity contribution in [1.82, 2.24) is 15.2 Å². The smallest absolute Gasteiger partial charge is 0.323 e. The Morgan fingerprint density at radius 3 is 2.75 bits per heavy atom. The van der Waals surface area contributed by atoms with Crippen LogP contribution >= 0.6 is 11.6 Å². The monoisotopic (exact) mass is 511 g/mol. The van der Waals surface area contributed by atoms with Crippen molar-refractivity contribution in [3.63, 3.8) is 0 Å². The van der Waals surface area contributed by atoms with Gasteiger partial charge in [-0.25, -0.2) is 9.78 Å². The second-order valence-electron chi connectivity index (χ2n) is 10.7. The van der Waals surface area contributed by atoms with E-state index in [-0.39, 0.29) is 18.0 Å². The van der Waals surface area contributed by atoms with E-state index in [1.807, 2.05) is 24.3 Å². The summed E-state index contributed by atoms with van der Waals surface area (Å²) in [7, 11) is 0. The summed E-state index contributed by atoms with van der Waals surface area (Å²) in [4.78, 5) is 33.8. The molecule has 1 spiro atoms. The van der Waals surface area contributed by atoms with Crippen LogP contribution in [0.15, 0.2) is 30.5 Å². The first-order valence-electron chi connectivity index (χ1n) is 12.5. The van der Waals surface area contributed by atoms with Crippen LogP contribution in [-0.2, 0) is 16.8 Å². The third kappa shape index (κ3) is 3.99. The maximum atomic E-state index is 12.8. The van der Waals surface area contributed by atoms with Gasteiger partial charge in [-0.3, -0.25) is 14.6 Å². The first-order chi connectivity index (χ1) is 17.2. The first kappa shape index (κ1) is 23.5. The number of urea groups is 1. The lowest BCUT2D eigenvalue weighted by Crippen LogP contribution is -2.59. The SMILES string of the molecule is CC1(O)CC(N2C(=O)NCc3cc(OCCN4CCC5(CC4)C(=O)Nc4ccc(Cl)cc45)cnc32)C1. The number of likely N-dealkylation sites (tertiary alicyclic amines) is 1. The highest BCUT2D eigenvalue weighted by molar-refractivity contribution is 6.31. The van der Waals surface area contributed by atoms with Gasteiger partial charge in [-0.1, -0.05) is 11.6 Å². The van der Waals surface area contributed by atoms with Crippen LogP contribution in [0.1, 0.15) is 43.7 Å². The van der Waals surface area contributed by atoms with Gasteiger partial charge in [-0.05, 0) is 75.5 Å². The van der Waals surface area contributed by atoms with E-state index in [0.717, 1.165) is 49.3 Å². The summed E-state index contributed by atoms with van der Waals surface area (Å²) in [5, 5.41) is 16.7. The number of pyridine rings is 1. The highest BCUT2D eigenvalue weighted by atomic mass is 35.5. The maximum absolute atomic E-state index is 12.8. The van der Waals surface area contributed by atoms with Gasteiger partial charge in [0.1, 0.15) is 18.2 Å². The van der Waals surface area contributed by atoms with E-state index < -0.39 is 11.0 Å². The first-order valence-corrected chi connectivity index (χ1v) is 12.9. The topological polar surface area (TPSA) is 107 Å². The van der Waals surface area contributed by atoms with Crippen molar-refractivity contribution < 1.29 is 19.4 Å². The number of ether oxygens (including phenoxy) is 1. The molecule has 190 valence electrons. The second kappa shape index (κ2) is 8.61. The van der Waals surface area contributed by atoms with Crippen molar-refractivity contribution >= 4 is 35.0 Å². The van der Waals surface area contributed by atoms with Gasteiger partial charge in [0.2, 0.25) is 5.91 Å². The van der Waals surface area contributed by atoms with E-state index in [2.05, 4.69) is 20.5 Å². The number of benzene rings is 1. The molecule has 10 heteroatoms. The molecule has 0 bridgehead atoms. The van der Waals surface area contributed by atoms with Crippen LogP contribution < -0.4 is 20.3 Å². The fourth-order valence-corrected chi connectivity index (χ4v) is 6.24. The van der Waals surface area contributed by atoms with Crippen LogP contribution in [-0.4, -0.2) is 64.8 Å². The molecule has 3 amide bonds. The highest BCUT2D eigenvalue weighted by Crippen LogP contribution is 2.46. The zero-order chi connectivity index (χ0) is 25.1. The summed E-state index contributed by atoms with van der Waals surface area (Å²) in [5.41, 5.74) is 1.58. The van der Waals surface area contributed by atoms with Gasteiger partial charge in [-0.2, -0.15) is 0 Å². The minimum Gasteiger partial charge on any atom is -0.491 e. The molecule has 2 fully saturated rings. The predicted molar refractivity (Wildman–Crippen MR) is 136 cm³/mol. The molecule has 0 unspecified atom stereocenters. The number of carbonyl (C=O) groups excluding carboxylic acids is 2. The lowest BCUT2D eigenvalue weighted by Gasteiger charge is -2.47. The Balaban J connectivity index is 1.05. The molecular weight excluding hydrogens is 482 g/mol. The lowest BCUT2D eigenvalue weighted by molar-refractivity contribution is -0.122. The van der Waals surface area contributed by atoms with Crippen LogP contribution in [0.2, 0.25) is 5.02 Å². The number of anilines is 2. The Labute approximate surface area is 214 Å². The zero-order valence-corrected chi connectivity index (χ0v) is 21.0. The summed E-state index contributed by atoms with van der Waals surface area (Å²) >= 11 is 6.22. The Morgan fingerprint density at radius 1 is 1.22 bits per heavy atom. The molecule has 36 heavy (non-hydrogen) atoms. The van der Waals surface area contributed by atoms with E-state index in [4.69, 9.17) is 16.3 Å². The molecule has 6 rings (SSSR count). The molecule has 9 nitrogen and oxygen atoms in total. The number of hydrogen-bond donors (Lipinski definition) is 3. The standard InChI is InChI=1S/C26H30ClN5O4/c1-25(35)12-18(13-25)32-22-16(14-29-24(32)34)10-19(15-28-22)36-9-8-31-6-4-26(5-7-31)20-11-17(27)2-3-21(20)30-23(26)33/h2-3,10-11,15,18,35H,4-9,12-14H2,1H3,(H,29,34)(H,30,33). The molecule has 1 aliphatic carbocycles. The third-order valence-electron chi connectivity index (χ3n) is 8.08. The number of aliphatic hydroxyl groups is 1. The Kier molecular flexibility index (Phi) is 5.62. The van der Waals surface area contributed by atoms with Crippen molar-refractivity contribution in [1.29, 1.82) is 0 Å². The summed E-state index contributed by atoms with van der Waals surface area (Å²) in [5.74, 6) is 1.38. The minimum absolute atomic E-state index is 0.0503. The average molecular weight is 512 g/mol. The van der Waals surface area contributed by atoms with Gasteiger partial charge >= 0.3 is 6.03 Å². The van der Waals surface area contributed by atoms with Crippen LogP contribution in [0.3, 0.4) is 0 Å². The minimum atomic E-state index is -0.725. The third-order valence-corrected chi connectivity index (χ3v) is 8.31. The quantitative estimate of drug-likeness (QED) is 0.569. The normalized spacial score (nSPS) is 26.6. The van der Waals surface area contributed by atoms with E-state index >= 15 is 0 Å². The number of nitrogens with zero attached hydrogens (tertiary/aromatic N) is 3. The molecule has 0 radical (unpaired) electrons. The van der Waals surface area contributed by atoms with Gasteiger partial charge in [0, 0.05) is 35.4 Å². The van der Waals surface area contributed by atoms with E-state index in [0.29, 0.717) is 42.6 Å². The fourth-order valence-electron chi connectivity index (χ4n) is 6.07. The van der Waals surface area contributed by atoms with Gasteiger partial charge in [0.15, 0.2) is 0 Å². The number of fused-ring (bicyclic) bond motifs is 3. The largest absolute Gasteiger partial charge is 0.491 e. The van der Waals surface area contributed by atoms with Gasteiger partial charge < -0.3 is 20.5 Å². The summed E-state index contributed by atoms with van der Waals surface area (Å²) in [6, 6.07) is 7.33. The number of carbonyl (C=O) groups is 2. The number of halogens is 1. The van der Waals surface area contributed by atoms with Gasteiger partial charge in [0.25, 0.3) is 0 Å². The summed E-state index contributed by atoms with van der Waals surface area (Å²) in [6.07, 6.45) is 4.23. The van der Waals surface area contributed by atoms with Crippen LogP contribution in [0, 0.1) is 0 Å². The van der Waals surface area contributed by atoms with Crippen molar-refractivity contribution in [3.8, 4) is 5.75 Å². The molecule has 3 aliphatic heterocycles. The van der Waals surface area contributed by atoms with E-state index in [1.54, 1.807) is 18.0 Å². The fraction of sp³-hybridized carbons (Fsp3) is 0.500. The molecular formula is C26H30ClN5O4. The number of rotatable bonds is 5. The number of amides is 3. The van der Waals surface area contributed by atoms with Gasteiger partial charge in [0.05, 0.1) is 17.2 Å². The number of aromatic nitrogens is 1. The molecule has 1 saturated heterocycles. The Morgan fingerprint density at radius 2 is 2.00 bits per heavy atom. The molecule has 0 atom stereocenters. The van der Waals surface area contributed by atoms with Crippen molar-refractivity contribution in [2.45, 2.75) is 56.2 Å². The predicted octanol–water partition coefficient (Wildman–Crippen LogP) is 3.04. The summed E-state index contributed by atoms with van der Waals surface area (Å²) in [6.45, 7) is 5.05. The van der Waals surface area contributed by atoms with E-state index in [9.17, 15) is 14.7 Å². The molecule has 3 N–H and O–H groups in total. The molecule has 1 aromatic carbocycles. The number of piperidine rings is 1. The van der Waals surface area contributed by atoms with Crippen LogP contribution in [0.5, 0.6) is 5.75 Å². The average Bonchev–Trinajstić information content (AvgIpc) is 3.09. The molecule has 4 heterocycles. The molecule has 2 aromatic rings. The van der Waals surface area contributed by atoms with Crippen LogP contribution in [0.4, 0.5) is 16.3 Å². The van der Waals surface area contributed by atoms with Gasteiger partial charge in [-0.15, -0.1) is 0 Å². The highest BCUT2D eigenvalue weighted by Gasteiger charge is 2.48. The molecule has 1 aromatic heterocycles.